The zero-order valence-corrected chi connectivity index (χ0v) is 28.6. The van der Waals surface area contributed by atoms with E-state index in [9.17, 15) is 19.2 Å². The molecule has 3 fully saturated rings. The van der Waals surface area contributed by atoms with Gasteiger partial charge in [0.15, 0.2) is 6.10 Å². The first-order valence-electron chi connectivity index (χ1n) is 17.7. The van der Waals surface area contributed by atoms with Gasteiger partial charge in [-0.2, -0.15) is 0 Å². The number of pyridine rings is 1. The monoisotopic (exact) mass is 688 g/mol. The summed E-state index contributed by atoms with van der Waals surface area (Å²) in [4.78, 5) is 62.9. The predicted molar refractivity (Wildman–Crippen MR) is 187 cm³/mol. The fourth-order valence-electron chi connectivity index (χ4n) is 7.71. The predicted octanol–water partition coefficient (Wildman–Crippen LogP) is 4.99. The normalized spacial score (nSPS) is 21.2. The molecule has 0 radical (unpaired) electrons. The number of methoxy groups -OCH3 is 1. The van der Waals surface area contributed by atoms with Gasteiger partial charge in [0.1, 0.15) is 17.5 Å². The first kappa shape index (κ1) is 32.9. The number of nitrogens with zero attached hydrogens (tertiary/aromatic N) is 4. The number of fused-ring (bicyclic) bond motifs is 2. The number of benzene rings is 3. The second-order valence-electron chi connectivity index (χ2n) is 13.8. The zero-order valence-electron chi connectivity index (χ0n) is 28.6. The third-order valence-corrected chi connectivity index (χ3v) is 10.6. The van der Waals surface area contributed by atoms with Crippen molar-refractivity contribution in [3.63, 3.8) is 0 Å². The van der Waals surface area contributed by atoms with E-state index < -0.39 is 12.1 Å². The number of likely N-dealkylation sites (tertiary alicyclic amines) is 2. The van der Waals surface area contributed by atoms with Crippen LogP contribution in [0, 0.1) is 0 Å². The van der Waals surface area contributed by atoms with E-state index in [4.69, 9.17) is 19.2 Å². The van der Waals surface area contributed by atoms with Gasteiger partial charge < -0.3 is 24.0 Å². The molecule has 3 saturated heterocycles. The Hall–Kier alpha value is -5.29. The average molecular weight is 689 g/mol. The number of rotatable bonds is 9. The minimum Gasteiger partial charge on any atom is -0.497 e. The first-order valence-corrected chi connectivity index (χ1v) is 17.7. The van der Waals surface area contributed by atoms with Crippen LogP contribution < -0.4 is 9.47 Å². The first-order chi connectivity index (χ1) is 24.8. The number of carbonyl (C=O) groups is 4. The molecule has 4 aliphatic heterocycles. The maximum Gasteiger partial charge on any atom is 0.264 e. The Morgan fingerprint density at radius 1 is 0.804 bits per heavy atom. The molecule has 0 N–H and O–H groups in total. The van der Waals surface area contributed by atoms with Crippen molar-refractivity contribution in [2.75, 3.05) is 26.9 Å². The van der Waals surface area contributed by atoms with Gasteiger partial charge in [0.05, 0.1) is 19.2 Å². The molecule has 4 amide bonds. The van der Waals surface area contributed by atoms with Crippen LogP contribution in [0.2, 0.25) is 0 Å². The summed E-state index contributed by atoms with van der Waals surface area (Å²) in [7, 11) is 1.58. The van der Waals surface area contributed by atoms with Crippen molar-refractivity contribution in [2.24, 2.45) is 0 Å². The molecule has 4 aromatic rings. The third-order valence-electron chi connectivity index (χ3n) is 10.6. The van der Waals surface area contributed by atoms with E-state index >= 15 is 0 Å². The highest BCUT2D eigenvalue weighted by atomic mass is 16.5. The number of aromatic nitrogens is 1. The Labute approximate surface area is 296 Å². The van der Waals surface area contributed by atoms with Gasteiger partial charge in [-0.05, 0) is 84.5 Å². The number of piperidine rings is 1. The van der Waals surface area contributed by atoms with Crippen molar-refractivity contribution >= 4 is 34.5 Å². The number of ether oxygens (including phenoxy) is 3. The van der Waals surface area contributed by atoms with Crippen LogP contribution in [0.15, 0.2) is 72.8 Å². The topological polar surface area (TPSA) is 119 Å². The Morgan fingerprint density at radius 2 is 1.59 bits per heavy atom. The molecule has 8 rings (SSSR count). The van der Waals surface area contributed by atoms with E-state index in [-0.39, 0.29) is 49.6 Å². The number of amides is 4. The lowest BCUT2D eigenvalue weighted by molar-refractivity contribution is -0.153. The Morgan fingerprint density at radius 3 is 2.39 bits per heavy atom. The van der Waals surface area contributed by atoms with Crippen LogP contribution in [-0.2, 0) is 38.8 Å². The van der Waals surface area contributed by atoms with E-state index in [0.717, 1.165) is 59.3 Å². The van der Waals surface area contributed by atoms with Gasteiger partial charge in [-0.1, -0.05) is 24.3 Å². The summed E-state index contributed by atoms with van der Waals surface area (Å²) in [6.07, 6.45) is 2.37. The molecule has 0 spiro atoms. The van der Waals surface area contributed by atoms with Gasteiger partial charge in [-0.25, -0.2) is 0 Å². The van der Waals surface area contributed by atoms with Gasteiger partial charge in [0.25, 0.3) is 17.7 Å². The minimum absolute atomic E-state index is 0.0734. The molecule has 1 aromatic heterocycles. The average Bonchev–Trinajstić information content (AvgIpc) is 3.67. The molecule has 1 unspecified atom stereocenters. The van der Waals surface area contributed by atoms with Crippen molar-refractivity contribution in [3.8, 4) is 11.5 Å². The van der Waals surface area contributed by atoms with Crippen molar-refractivity contribution in [1.29, 1.82) is 0 Å². The maximum atomic E-state index is 13.6. The summed E-state index contributed by atoms with van der Waals surface area (Å²) in [6.45, 7) is 2.98. The van der Waals surface area contributed by atoms with Crippen LogP contribution >= 0.6 is 0 Å². The largest absolute Gasteiger partial charge is 0.497 e. The highest BCUT2D eigenvalue weighted by Gasteiger charge is 2.43. The van der Waals surface area contributed by atoms with Crippen LogP contribution in [-0.4, -0.2) is 82.3 Å². The fourth-order valence-corrected chi connectivity index (χ4v) is 7.71. The van der Waals surface area contributed by atoms with E-state index in [1.807, 2.05) is 29.2 Å². The van der Waals surface area contributed by atoms with Gasteiger partial charge in [0, 0.05) is 68.3 Å². The third kappa shape index (κ3) is 6.54. The smallest absolute Gasteiger partial charge is 0.264 e. The summed E-state index contributed by atoms with van der Waals surface area (Å²) >= 11 is 0. The standard InChI is InChI=1S/C40H40N4O7/c1-49-30-6-2-25(3-7-30)23-44-37(45)13-12-35(39(44)47)43-24-29-21-31(8-9-32(29)38(43)46)51-36-14-17-42(40(36)48)22-26-4-10-34-28(20-26)5-11-33(41-34)27-15-18-50-19-16-27/h2-11,20-21,27,35-36H,12-19,22-24H2,1H3/t35?,36-/m0/s1. The minimum atomic E-state index is -0.741. The van der Waals surface area contributed by atoms with Gasteiger partial charge in [-0.3, -0.25) is 29.1 Å². The summed E-state index contributed by atoms with van der Waals surface area (Å²) in [6, 6.07) is 22.1. The molecule has 0 saturated carbocycles. The quantitative estimate of drug-likeness (QED) is 0.226. The van der Waals surface area contributed by atoms with Crippen molar-refractivity contribution in [1.82, 2.24) is 19.7 Å². The Bertz CT molecular complexity index is 2010. The molecule has 51 heavy (non-hydrogen) atoms. The molecule has 262 valence electrons. The lowest BCUT2D eigenvalue weighted by atomic mass is 9.95. The van der Waals surface area contributed by atoms with E-state index in [2.05, 4.69) is 18.2 Å². The SMILES string of the molecule is COc1ccc(CN2C(=O)CCC(N3Cc4cc(O[C@H]5CCN(Cc6ccc7nc(C8CCOCC8)ccc7c6)C5=O)ccc4C3=O)C2=O)cc1. The Balaban J connectivity index is 0.894. The van der Waals surface area contributed by atoms with Crippen molar-refractivity contribution in [3.05, 3.63) is 101 Å². The summed E-state index contributed by atoms with van der Waals surface area (Å²) in [5.41, 5.74) is 5.13. The highest BCUT2D eigenvalue weighted by molar-refractivity contribution is 6.05. The molecule has 5 heterocycles. The molecule has 11 nitrogen and oxygen atoms in total. The second kappa shape index (κ2) is 13.8. The lowest BCUT2D eigenvalue weighted by Crippen LogP contribution is -2.54. The zero-order chi connectivity index (χ0) is 35.1. The lowest BCUT2D eigenvalue weighted by Gasteiger charge is -2.35. The molecular formula is C40H40N4O7. The van der Waals surface area contributed by atoms with Gasteiger partial charge in [0.2, 0.25) is 5.91 Å². The van der Waals surface area contributed by atoms with Crippen LogP contribution in [0.3, 0.4) is 0 Å². The number of imide groups is 1. The van der Waals surface area contributed by atoms with Gasteiger partial charge in [-0.15, -0.1) is 0 Å². The highest BCUT2D eigenvalue weighted by Crippen LogP contribution is 2.33. The fraction of sp³-hybridized carbons (Fsp3) is 0.375. The van der Waals surface area contributed by atoms with Gasteiger partial charge >= 0.3 is 0 Å². The summed E-state index contributed by atoms with van der Waals surface area (Å²) < 4.78 is 16.9. The van der Waals surface area contributed by atoms with Crippen LogP contribution in [0.5, 0.6) is 11.5 Å². The Kier molecular flexibility index (Phi) is 8.89. The van der Waals surface area contributed by atoms with E-state index in [1.165, 1.54) is 4.90 Å². The number of carbonyl (C=O) groups excluding carboxylic acids is 4. The maximum absolute atomic E-state index is 13.6. The molecule has 4 aliphatic rings. The van der Waals surface area contributed by atoms with Crippen LogP contribution in [0.25, 0.3) is 10.9 Å². The van der Waals surface area contributed by atoms with Crippen molar-refractivity contribution < 1.29 is 33.4 Å². The van der Waals surface area contributed by atoms with Crippen molar-refractivity contribution in [2.45, 2.75) is 69.8 Å². The summed E-state index contributed by atoms with van der Waals surface area (Å²) in [5, 5.41) is 1.05. The molecule has 2 atom stereocenters. The summed E-state index contributed by atoms with van der Waals surface area (Å²) in [5.74, 6) is 0.676. The molecule has 11 heteroatoms. The van der Waals surface area contributed by atoms with E-state index in [1.54, 1.807) is 42.3 Å². The van der Waals surface area contributed by atoms with E-state index in [0.29, 0.717) is 42.5 Å². The second-order valence-corrected chi connectivity index (χ2v) is 13.8. The molecular weight excluding hydrogens is 648 g/mol. The number of hydrogen-bond acceptors (Lipinski definition) is 8. The van der Waals surface area contributed by atoms with Crippen LogP contribution in [0.1, 0.15) is 70.8 Å². The molecule has 3 aromatic carbocycles. The molecule has 0 bridgehead atoms. The van der Waals surface area contributed by atoms with Crippen LogP contribution in [0.4, 0.5) is 0 Å². The molecule has 0 aliphatic carbocycles. The number of hydrogen-bond donors (Lipinski definition) is 0.